The van der Waals surface area contributed by atoms with E-state index in [9.17, 15) is 19.6 Å². The third kappa shape index (κ3) is 6.78. The van der Waals surface area contributed by atoms with Crippen LogP contribution in [0.2, 0.25) is 0 Å². The number of carbonyl (C=O) groups is 3. The van der Waals surface area contributed by atoms with E-state index in [1.807, 2.05) is 91.0 Å². The molecule has 1 saturated heterocycles. The van der Waals surface area contributed by atoms with Crippen molar-refractivity contribution in [3.63, 3.8) is 0 Å². The SMILES string of the molecule is CC(C)(C)OC(=O)N[C@@H](C[C@@H]1CCCNC1=O)C(=O)C(C#N)=P(c1ccccc1)(c1ccccc1)c1ccccc1. The van der Waals surface area contributed by atoms with E-state index in [-0.39, 0.29) is 17.6 Å². The molecule has 2 atom stereocenters. The summed E-state index contributed by atoms with van der Waals surface area (Å²) in [6, 6.07) is 30.0. The molecule has 1 heterocycles. The number of carbonyl (C=O) groups excluding carboxylic acids is 3. The summed E-state index contributed by atoms with van der Waals surface area (Å²) < 4.78 is 5.50. The van der Waals surface area contributed by atoms with E-state index in [1.165, 1.54) is 0 Å². The smallest absolute Gasteiger partial charge is 0.408 e. The number of amides is 2. The summed E-state index contributed by atoms with van der Waals surface area (Å²) in [6.07, 6.45) is 0.651. The first-order chi connectivity index (χ1) is 19.7. The summed E-state index contributed by atoms with van der Waals surface area (Å²) in [6.45, 7) is 2.78. The van der Waals surface area contributed by atoms with Gasteiger partial charge in [-0.3, -0.25) is 9.59 Å². The van der Waals surface area contributed by atoms with Crippen LogP contribution in [0.4, 0.5) is 4.79 Å². The molecule has 3 aromatic rings. The van der Waals surface area contributed by atoms with E-state index in [0.29, 0.717) is 13.0 Å². The number of ether oxygens (including phenoxy) is 1. The molecule has 0 unspecified atom stereocenters. The lowest BCUT2D eigenvalue weighted by Crippen LogP contribution is -2.50. The van der Waals surface area contributed by atoms with Crippen LogP contribution < -0.4 is 26.5 Å². The predicted molar refractivity (Wildman–Crippen MR) is 164 cm³/mol. The molecule has 8 heteroatoms. The van der Waals surface area contributed by atoms with E-state index < -0.39 is 36.3 Å². The van der Waals surface area contributed by atoms with Gasteiger partial charge in [0.15, 0.2) is 5.78 Å². The van der Waals surface area contributed by atoms with Crippen molar-refractivity contribution in [2.45, 2.75) is 51.7 Å². The Labute approximate surface area is 241 Å². The number of hydrogen-bond donors (Lipinski definition) is 2. The van der Waals surface area contributed by atoms with Crippen molar-refractivity contribution in [2.24, 2.45) is 5.92 Å². The number of hydrogen-bond acceptors (Lipinski definition) is 5. The predicted octanol–water partition coefficient (Wildman–Crippen LogP) is 4.06. The summed E-state index contributed by atoms with van der Waals surface area (Å²) in [7, 11) is 0. The topological polar surface area (TPSA) is 108 Å². The standard InChI is InChI=1S/C33H36N3O4P/c1-33(2,3)40-32(39)36-28(22-24-14-13-21-35-31(24)38)30(37)29(23-34)41(25-15-7-4-8-16-25,26-17-9-5-10-18-26)27-19-11-6-12-20-27/h4-12,15-20,24,28H,13-14,21-22H2,1-3H3,(H,35,38)(H,36,39)/t24-,28-/m0/s1. The van der Waals surface area contributed by atoms with Crippen molar-refractivity contribution in [3.05, 3.63) is 91.0 Å². The molecule has 212 valence electrons. The highest BCUT2D eigenvalue weighted by Crippen LogP contribution is 2.46. The fourth-order valence-electron chi connectivity index (χ4n) is 5.28. The van der Waals surface area contributed by atoms with Crippen molar-refractivity contribution in [3.8, 4) is 6.07 Å². The van der Waals surface area contributed by atoms with Gasteiger partial charge < -0.3 is 15.4 Å². The lowest BCUT2D eigenvalue weighted by molar-refractivity contribution is -0.127. The number of rotatable bonds is 8. The molecule has 0 saturated carbocycles. The number of nitrogens with zero attached hydrogens (tertiary/aromatic N) is 1. The molecule has 0 aliphatic carbocycles. The molecular weight excluding hydrogens is 533 g/mol. The summed E-state index contributed by atoms with van der Waals surface area (Å²) in [5.74, 6) is -1.15. The fourth-order valence-corrected chi connectivity index (χ4v) is 9.44. The van der Waals surface area contributed by atoms with Gasteiger partial charge in [0.2, 0.25) is 5.91 Å². The lowest BCUT2D eigenvalue weighted by atomic mass is 9.89. The van der Waals surface area contributed by atoms with Gasteiger partial charge in [0.1, 0.15) is 17.0 Å². The summed E-state index contributed by atoms with van der Waals surface area (Å²) in [5, 5.41) is 19.0. The van der Waals surface area contributed by atoms with Crippen molar-refractivity contribution in [1.29, 1.82) is 5.26 Å². The molecule has 0 spiro atoms. The Morgan fingerprint density at radius 3 is 1.85 bits per heavy atom. The van der Waals surface area contributed by atoms with Gasteiger partial charge >= 0.3 is 6.09 Å². The largest absolute Gasteiger partial charge is 0.444 e. The van der Waals surface area contributed by atoms with Gasteiger partial charge in [0.05, 0.1) is 6.04 Å². The van der Waals surface area contributed by atoms with Crippen LogP contribution in [0.5, 0.6) is 0 Å². The maximum atomic E-state index is 14.7. The van der Waals surface area contributed by atoms with E-state index in [1.54, 1.807) is 20.8 Å². The second kappa shape index (κ2) is 13.0. The lowest BCUT2D eigenvalue weighted by Gasteiger charge is -2.32. The van der Waals surface area contributed by atoms with E-state index >= 15 is 0 Å². The number of piperidine rings is 1. The average Bonchev–Trinajstić information content (AvgIpc) is 2.97. The first-order valence-electron chi connectivity index (χ1n) is 13.8. The van der Waals surface area contributed by atoms with Crippen LogP contribution in [0.3, 0.4) is 0 Å². The molecule has 1 fully saturated rings. The number of Topliss-reactive ketones (excluding diaryl/α,β-unsaturated/α-hetero) is 1. The van der Waals surface area contributed by atoms with Crippen LogP contribution in [-0.2, 0) is 14.3 Å². The Kier molecular flexibility index (Phi) is 9.47. The molecule has 2 amide bonds. The summed E-state index contributed by atoms with van der Waals surface area (Å²) >= 11 is 0. The first kappa shape index (κ1) is 29.8. The molecular formula is C33H36N3O4P. The number of ketones is 1. The Hall–Kier alpha value is -4.14. The van der Waals surface area contributed by atoms with Crippen LogP contribution in [-0.4, -0.2) is 41.3 Å². The highest BCUT2D eigenvalue weighted by atomic mass is 31.2. The van der Waals surface area contributed by atoms with E-state index in [2.05, 4.69) is 16.7 Å². The second-order valence-corrected chi connectivity index (χ2v) is 14.4. The van der Waals surface area contributed by atoms with Gasteiger partial charge in [-0.2, -0.15) is 5.26 Å². The Morgan fingerprint density at radius 2 is 1.44 bits per heavy atom. The minimum atomic E-state index is -3.01. The molecule has 7 nitrogen and oxygen atoms in total. The number of nitriles is 1. The monoisotopic (exact) mass is 569 g/mol. The van der Waals surface area contributed by atoms with Crippen molar-refractivity contribution in [2.75, 3.05) is 6.54 Å². The molecule has 0 radical (unpaired) electrons. The molecule has 41 heavy (non-hydrogen) atoms. The normalized spacial score (nSPS) is 16.0. The van der Waals surface area contributed by atoms with Crippen LogP contribution in [0.25, 0.3) is 0 Å². The van der Waals surface area contributed by atoms with Crippen molar-refractivity contribution < 1.29 is 19.1 Å². The third-order valence-corrected chi connectivity index (χ3v) is 11.2. The quantitative estimate of drug-likeness (QED) is 0.398. The number of nitrogens with one attached hydrogen (secondary N) is 2. The maximum absolute atomic E-state index is 14.7. The minimum Gasteiger partial charge on any atom is -0.444 e. The highest BCUT2D eigenvalue weighted by molar-refractivity contribution is 7.97. The summed E-state index contributed by atoms with van der Waals surface area (Å²) in [5.41, 5.74) is -0.795. The maximum Gasteiger partial charge on any atom is 0.408 e. The number of alkyl carbamates (subject to hydrolysis) is 1. The summed E-state index contributed by atoms with van der Waals surface area (Å²) in [4.78, 5) is 40.4. The molecule has 3 aromatic carbocycles. The van der Waals surface area contributed by atoms with Crippen molar-refractivity contribution in [1.82, 2.24) is 10.6 Å². The van der Waals surface area contributed by atoms with E-state index in [4.69, 9.17) is 4.74 Å². The third-order valence-electron chi connectivity index (χ3n) is 7.03. The molecule has 1 aliphatic rings. The molecule has 4 rings (SSSR count). The molecule has 2 N–H and O–H groups in total. The second-order valence-electron chi connectivity index (χ2n) is 11.1. The minimum absolute atomic E-state index is 0.0541. The highest BCUT2D eigenvalue weighted by Gasteiger charge is 2.39. The van der Waals surface area contributed by atoms with Crippen molar-refractivity contribution >= 4 is 45.9 Å². The van der Waals surface area contributed by atoms with Gasteiger partial charge in [0, 0.05) is 12.5 Å². The van der Waals surface area contributed by atoms with Gasteiger partial charge in [-0.05, 0) is 62.8 Å². The molecule has 0 aromatic heterocycles. The Bertz CT molecular complexity index is 1370. The molecule has 1 aliphatic heterocycles. The zero-order valence-electron chi connectivity index (χ0n) is 23.7. The van der Waals surface area contributed by atoms with E-state index in [0.717, 1.165) is 22.3 Å². The van der Waals surface area contributed by atoms with Crippen LogP contribution in [0.15, 0.2) is 91.0 Å². The van der Waals surface area contributed by atoms with Gasteiger partial charge in [0.25, 0.3) is 0 Å². The van der Waals surface area contributed by atoms with Gasteiger partial charge in [-0.25, -0.2) is 4.79 Å². The molecule has 0 bridgehead atoms. The first-order valence-corrected chi connectivity index (χ1v) is 15.6. The van der Waals surface area contributed by atoms with Crippen LogP contribution in [0, 0.1) is 17.2 Å². The Balaban J connectivity index is 1.98. The zero-order chi connectivity index (χ0) is 29.5. The average molecular weight is 570 g/mol. The van der Waals surface area contributed by atoms with Gasteiger partial charge in [-0.15, -0.1) is 0 Å². The zero-order valence-corrected chi connectivity index (χ0v) is 24.6. The fraction of sp³-hybridized carbons (Fsp3) is 0.303. The van der Waals surface area contributed by atoms with Crippen LogP contribution in [0.1, 0.15) is 40.0 Å². The van der Waals surface area contributed by atoms with Gasteiger partial charge in [-0.1, -0.05) is 91.0 Å². The van der Waals surface area contributed by atoms with Crippen LogP contribution >= 0.6 is 6.89 Å². The Morgan fingerprint density at radius 1 is 0.951 bits per heavy atom. The number of benzene rings is 3.